The zero-order valence-corrected chi connectivity index (χ0v) is 13.5. The molecule has 0 fully saturated rings. The second kappa shape index (κ2) is 7.04. The summed E-state index contributed by atoms with van der Waals surface area (Å²) in [5.41, 5.74) is 2.05. The van der Waals surface area contributed by atoms with Crippen LogP contribution in [0.25, 0.3) is 6.08 Å². The van der Waals surface area contributed by atoms with Crippen LogP contribution in [0.4, 0.5) is 0 Å². The molecule has 2 aromatic carbocycles. The average molecular weight is 322 g/mol. The van der Waals surface area contributed by atoms with Gasteiger partial charge in [-0.05, 0) is 35.9 Å². The number of rotatable bonds is 5. The number of benzene rings is 2. The summed E-state index contributed by atoms with van der Waals surface area (Å²) in [4.78, 5) is 12.6. The molecule has 0 bridgehead atoms. The number of methoxy groups -OCH3 is 1. The number of hydrogen-bond donors (Lipinski definition) is 0. The third kappa shape index (κ3) is 3.18. The van der Waals surface area contributed by atoms with Gasteiger partial charge in [-0.2, -0.15) is 0 Å². The number of Topliss-reactive ketones (excluding diaryl/α,β-unsaturated/α-hetero) is 1. The highest BCUT2D eigenvalue weighted by Crippen LogP contribution is 2.31. The number of hydrogen-bond acceptors (Lipinski definition) is 4. The van der Waals surface area contributed by atoms with Crippen LogP contribution in [0.1, 0.15) is 15.9 Å². The third-order valence-electron chi connectivity index (χ3n) is 3.69. The van der Waals surface area contributed by atoms with E-state index in [0.717, 1.165) is 5.56 Å². The van der Waals surface area contributed by atoms with Gasteiger partial charge in [0.05, 0.1) is 12.7 Å². The summed E-state index contributed by atoms with van der Waals surface area (Å²) >= 11 is 0. The molecule has 0 amide bonds. The van der Waals surface area contributed by atoms with Gasteiger partial charge in [0.25, 0.3) is 0 Å². The minimum absolute atomic E-state index is 0.0113. The molecule has 1 aliphatic rings. The second-order valence-electron chi connectivity index (χ2n) is 5.29. The monoisotopic (exact) mass is 322 g/mol. The summed E-state index contributed by atoms with van der Waals surface area (Å²) in [5, 5.41) is 0. The maximum absolute atomic E-state index is 12.6. The van der Waals surface area contributed by atoms with Crippen molar-refractivity contribution in [2.45, 2.75) is 0 Å². The predicted octanol–water partition coefficient (Wildman–Crippen LogP) is 3.92. The number of fused-ring (bicyclic) bond motifs is 1. The van der Waals surface area contributed by atoms with Gasteiger partial charge in [0.2, 0.25) is 0 Å². The van der Waals surface area contributed by atoms with Crippen molar-refractivity contribution in [3.05, 3.63) is 71.8 Å². The lowest BCUT2D eigenvalue weighted by atomic mass is 9.98. The number of ketones is 1. The van der Waals surface area contributed by atoms with Crippen LogP contribution in [0.5, 0.6) is 17.2 Å². The normalized spacial score (nSPS) is 14.7. The van der Waals surface area contributed by atoms with E-state index in [1.54, 1.807) is 25.3 Å². The Kier molecular flexibility index (Phi) is 4.66. The number of para-hydroxylation sites is 1. The molecule has 0 N–H and O–H groups in total. The predicted molar refractivity (Wildman–Crippen MR) is 92.9 cm³/mol. The molecule has 4 nitrogen and oxygen atoms in total. The molecule has 0 unspecified atom stereocenters. The Morgan fingerprint density at radius 1 is 1.21 bits per heavy atom. The van der Waals surface area contributed by atoms with Crippen LogP contribution in [0, 0.1) is 0 Å². The molecular weight excluding hydrogens is 304 g/mol. The molecule has 0 spiro atoms. The molecule has 0 aromatic heterocycles. The highest BCUT2D eigenvalue weighted by atomic mass is 16.5. The van der Waals surface area contributed by atoms with E-state index in [2.05, 4.69) is 6.58 Å². The van der Waals surface area contributed by atoms with Gasteiger partial charge in [0.15, 0.2) is 17.3 Å². The fraction of sp³-hybridized carbons (Fsp3) is 0.150. The first-order valence-corrected chi connectivity index (χ1v) is 7.61. The van der Waals surface area contributed by atoms with Crippen LogP contribution in [-0.4, -0.2) is 26.1 Å². The molecule has 1 heterocycles. The summed E-state index contributed by atoms with van der Waals surface area (Å²) in [6, 6.07) is 12.8. The van der Waals surface area contributed by atoms with Gasteiger partial charge in [0.1, 0.15) is 19.0 Å². The minimum Gasteiger partial charge on any atom is -0.493 e. The first-order chi connectivity index (χ1) is 11.7. The minimum atomic E-state index is -0.0113. The topological polar surface area (TPSA) is 44.8 Å². The number of ether oxygens (including phenoxy) is 3. The van der Waals surface area contributed by atoms with E-state index in [9.17, 15) is 4.79 Å². The Balaban J connectivity index is 1.89. The summed E-state index contributed by atoms with van der Waals surface area (Å²) in [6.07, 6.45) is 3.49. The van der Waals surface area contributed by atoms with Crippen molar-refractivity contribution in [1.82, 2.24) is 0 Å². The maximum Gasteiger partial charge on any atom is 0.196 e. The van der Waals surface area contributed by atoms with Crippen molar-refractivity contribution in [2.24, 2.45) is 0 Å². The molecule has 3 rings (SSSR count). The Morgan fingerprint density at radius 3 is 2.83 bits per heavy atom. The molecule has 2 aromatic rings. The first-order valence-electron chi connectivity index (χ1n) is 7.61. The Labute approximate surface area is 141 Å². The molecule has 1 aliphatic heterocycles. The van der Waals surface area contributed by atoms with Crippen molar-refractivity contribution in [3.63, 3.8) is 0 Å². The second-order valence-corrected chi connectivity index (χ2v) is 5.29. The zero-order chi connectivity index (χ0) is 16.9. The van der Waals surface area contributed by atoms with Crippen LogP contribution in [-0.2, 0) is 0 Å². The van der Waals surface area contributed by atoms with E-state index in [1.165, 1.54) is 0 Å². The van der Waals surface area contributed by atoms with Gasteiger partial charge < -0.3 is 14.2 Å². The fourth-order valence-electron chi connectivity index (χ4n) is 2.52. The summed E-state index contributed by atoms with van der Waals surface area (Å²) in [7, 11) is 1.58. The standard InChI is InChI=1S/C20H18O4/c1-3-10-23-18-9-8-14(12-19(18)22-2)11-15-13-24-17-7-5-4-6-16(17)20(15)21/h3-9,11-12H,1,10,13H2,2H3/b15-11+. The average Bonchev–Trinajstić information content (AvgIpc) is 2.63. The quantitative estimate of drug-likeness (QED) is 0.618. The van der Waals surface area contributed by atoms with Crippen LogP contribution in [0.15, 0.2) is 60.7 Å². The van der Waals surface area contributed by atoms with E-state index >= 15 is 0 Å². The van der Waals surface area contributed by atoms with Gasteiger partial charge in [-0.15, -0.1) is 0 Å². The molecule has 0 atom stereocenters. The van der Waals surface area contributed by atoms with Crippen LogP contribution < -0.4 is 14.2 Å². The van der Waals surface area contributed by atoms with E-state index < -0.39 is 0 Å². The summed E-state index contributed by atoms with van der Waals surface area (Å²) in [6.45, 7) is 4.29. The van der Waals surface area contributed by atoms with E-state index in [1.807, 2.05) is 36.4 Å². The summed E-state index contributed by atoms with van der Waals surface area (Å²) < 4.78 is 16.5. The highest BCUT2D eigenvalue weighted by Gasteiger charge is 2.22. The highest BCUT2D eigenvalue weighted by molar-refractivity contribution is 6.14. The van der Waals surface area contributed by atoms with Gasteiger partial charge in [-0.3, -0.25) is 4.79 Å². The molecule has 0 aliphatic carbocycles. The molecule has 122 valence electrons. The largest absolute Gasteiger partial charge is 0.493 e. The van der Waals surface area contributed by atoms with Crippen LogP contribution in [0.3, 0.4) is 0 Å². The lowest BCUT2D eigenvalue weighted by molar-refractivity contribution is 0.100. The Morgan fingerprint density at radius 2 is 2.04 bits per heavy atom. The molecule has 0 saturated heterocycles. The SMILES string of the molecule is C=CCOc1ccc(/C=C2\COc3ccccc3C2=O)cc1OC. The van der Waals surface area contributed by atoms with Gasteiger partial charge in [0, 0.05) is 5.57 Å². The maximum atomic E-state index is 12.6. The molecule has 0 saturated carbocycles. The van der Waals surface area contributed by atoms with E-state index in [4.69, 9.17) is 14.2 Å². The first kappa shape index (κ1) is 15.9. The summed E-state index contributed by atoms with van der Waals surface area (Å²) in [5.74, 6) is 1.86. The van der Waals surface area contributed by atoms with Crippen molar-refractivity contribution < 1.29 is 19.0 Å². The Hall–Kier alpha value is -3.01. The number of carbonyl (C=O) groups is 1. The molecule has 4 heteroatoms. The fourth-order valence-corrected chi connectivity index (χ4v) is 2.52. The van der Waals surface area contributed by atoms with Gasteiger partial charge in [-0.25, -0.2) is 0 Å². The smallest absolute Gasteiger partial charge is 0.196 e. The number of carbonyl (C=O) groups excluding carboxylic acids is 1. The molecular formula is C20H18O4. The molecule has 24 heavy (non-hydrogen) atoms. The Bertz CT molecular complexity index is 805. The lowest BCUT2D eigenvalue weighted by Gasteiger charge is -2.18. The third-order valence-corrected chi connectivity index (χ3v) is 3.69. The van der Waals surface area contributed by atoms with Gasteiger partial charge in [-0.1, -0.05) is 30.9 Å². The van der Waals surface area contributed by atoms with Crippen molar-refractivity contribution in [2.75, 3.05) is 20.3 Å². The van der Waals surface area contributed by atoms with E-state index in [-0.39, 0.29) is 12.4 Å². The zero-order valence-electron chi connectivity index (χ0n) is 13.5. The van der Waals surface area contributed by atoms with E-state index in [0.29, 0.717) is 35.0 Å². The van der Waals surface area contributed by atoms with Crippen LogP contribution >= 0.6 is 0 Å². The van der Waals surface area contributed by atoms with Crippen molar-refractivity contribution in [3.8, 4) is 17.2 Å². The van der Waals surface area contributed by atoms with Gasteiger partial charge >= 0.3 is 0 Å². The van der Waals surface area contributed by atoms with Crippen molar-refractivity contribution in [1.29, 1.82) is 0 Å². The van der Waals surface area contributed by atoms with Crippen LogP contribution in [0.2, 0.25) is 0 Å². The molecule has 0 radical (unpaired) electrons. The van der Waals surface area contributed by atoms with Crippen molar-refractivity contribution >= 4 is 11.9 Å². The lowest BCUT2D eigenvalue weighted by Crippen LogP contribution is -2.18.